The third kappa shape index (κ3) is 1.48. The van der Waals surface area contributed by atoms with Gasteiger partial charge in [-0.25, -0.2) is 0 Å². The Bertz CT molecular complexity index is 151. The summed E-state index contributed by atoms with van der Waals surface area (Å²) in [6.45, 7) is 1.97. The summed E-state index contributed by atoms with van der Waals surface area (Å²) in [6.07, 6.45) is 3.14. The van der Waals surface area contributed by atoms with Crippen molar-refractivity contribution in [2.45, 2.75) is 38.7 Å². The lowest BCUT2D eigenvalue weighted by atomic mass is 9.76. The fraction of sp³-hybridized carbons (Fsp3) is 0.875. The topological polar surface area (TPSA) is 44.0 Å². The predicted octanol–water partition coefficient (Wildman–Crippen LogP) is 1.45. The molecule has 0 aromatic carbocycles. The molecule has 1 aliphatic carbocycles. The normalized spacial score (nSPS) is 40.7. The Kier molecular flexibility index (Phi) is 1.96. The Morgan fingerprint density at radius 1 is 1.50 bits per heavy atom. The number of nitriles is 1. The minimum Gasteiger partial charge on any atom is -0.393 e. The van der Waals surface area contributed by atoms with E-state index in [-0.39, 0.29) is 11.5 Å². The van der Waals surface area contributed by atoms with E-state index in [2.05, 4.69) is 6.07 Å². The lowest BCUT2D eigenvalue weighted by Gasteiger charge is -2.28. The molecule has 2 heteroatoms. The standard InChI is InChI=1S/C8H13NO/c1-8(6-9)4-2-7(10)3-5-8/h7,10H,2-5H2,1H3. The van der Waals surface area contributed by atoms with Crippen molar-refractivity contribution in [3.63, 3.8) is 0 Å². The molecule has 1 saturated carbocycles. The molecule has 0 spiro atoms. The van der Waals surface area contributed by atoms with Gasteiger partial charge in [-0.2, -0.15) is 5.26 Å². The highest BCUT2D eigenvalue weighted by atomic mass is 16.3. The van der Waals surface area contributed by atoms with Crippen molar-refractivity contribution < 1.29 is 5.11 Å². The Morgan fingerprint density at radius 2 is 2.00 bits per heavy atom. The quantitative estimate of drug-likeness (QED) is 0.552. The van der Waals surface area contributed by atoms with Crippen LogP contribution in [0.3, 0.4) is 0 Å². The van der Waals surface area contributed by atoms with Crippen molar-refractivity contribution in [2.24, 2.45) is 5.41 Å². The van der Waals surface area contributed by atoms with Gasteiger partial charge in [-0.15, -0.1) is 0 Å². The van der Waals surface area contributed by atoms with E-state index in [1.54, 1.807) is 0 Å². The molecule has 1 fully saturated rings. The maximum atomic E-state index is 9.13. The van der Waals surface area contributed by atoms with Crippen LogP contribution in [0.2, 0.25) is 0 Å². The van der Waals surface area contributed by atoms with Gasteiger partial charge < -0.3 is 5.11 Å². The number of rotatable bonds is 0. The van der Waals surface area contributed by atoms with E-state index in [9.17, 15) is 0 Å². The maximum Gasteiger partial charge on any atom is 0.0686 e. The fourth-order valence-corrected chi connectivity index (χ4v) is 1.35. The Balaban J connectivity index is 2.48. The number of hydrogen-bond donors (Lipinski definition) is 1. The van der Waals surface area contributed by atoms with Crippen LogP contribution in [0.4, 0.5) is 0 Å². The van der Waals surface area contributed by atoms with Crippen LogP contribution in [0.25, 0.3) is 0 Å². The van der Waals surface area contributed by atoms with E-state index >= 15 is 0 Å². The largest absolute Gasteiger partial charge is 0.393 e. The average molecular weight is 139 g/mol. The summed E-state index contributed by atoms with van der Waals surface area (Å²) < 4.78 is 0. The second kappa shape index (κ2) is 2.59. The van der Waals surface area contributed by atoms with Crippen molar-refractivity contribution in [3.8, 4) is 6.07 Å². The van der Waals surface area contributed by atoms with Crippen molar-refractivity contribution in [3.05, 3.63) is 0 Å². The first-order valence-electron chi connectivity index (χ1n) is 3.76. The molecule has 0 heterocycles. The van der Waals surface area contributed by atoms with Crippen LogP contribution in [0.1, 0.15) is 32.6 Å². The Labute approximate surface area is 61.5 Å². The lowest BCUT2D eigenvalue weighted by molar-refractivity contribution is 0.0936. The second-order valence-corrected chi connectivity index (χ2v) is 3.40. The Hall–Kier alpha value is -0.550. The third-order valence-corrected chi connectivity index (χ3v) is 2.33. The SMILES string of the molecule is CC1(C#N)CCC(O)CC1. The van der Waals surface area contributed by atoms with E-state index in [0.29, 0.717) is 0 Å². The highest BCUT2D eigenvalue weighted by molar-refractivity contribution is 4.98. The molecule has 0 aromatic heterocycles. The van der Waals surface area contributed by atoms with Gasteiger partial charge in [0.25, 0.3) is 0 Å². The monoisotopic (exact) mass is 139 g/mol. The molecule has 1 aliphatic rings. The summed E-state index contributed by atoms with van der Waals surface area (Å²) in [5, 5.41) is 17.8. The van der Waals surface area contributed by atoms with Crippen molar-refractivity contribution in [2.75, 3.05) is 0 Å². The van der Waals surface area contributed by atoms with Crippen LogP contribution in [-0.4, -0.2) is 11.2 Å². The molecule has 10 heavy (non-hydrogen) atoms. The minimum atomic E-state index is -0.154. The number of aliphatic hydroxyl groups is 1. The molecule has 0 unspecified atom stereocenters. The van der Waals surface area contributed by atoms with Gasteiger partial charge in [0, 0.05) is 0 Å². The summed E-state index contributed by atoms with van der Waals surface area (Å²) in [6, 6.07) is 2.29. The number of nitrogens with zero attached hydrogens (tertiary/aromatic N) is 1. The molecule has 0 aromatic rings. The lowest BCUT2D eigenvalue weighted by Crippen LogP contribution is -2.25. The van der Waals surface area contributed by atoms with E-state index in [1.807, 2.05) is 6.92 Å². The van der Waals surface area contributed by atoms with E-state index in [4.69, 9.17) is 10.4 Å². The van der Waals surface area contributed by atoms with Gasteiger partial charge >= 0.3 is 0 Å². The van der Waals surface area contributed by atoms with Crippen LogP contribution in [-0.2, 0) is 0 Å². The van der Waals surface area contributed by atoms with Gasteiger partial charge in [0.05, 0.1) is 17.6 Å². The summed E-state index contributed by atoms with van der Waals surface area (Å²) in [4.78, 5) is 0. The van der Waals surface area contributed by atoms with E-state index in [1.165, 1.54) is 0 Å². The molecule has 0 radical (unpaired) electrons. The molecule has 0 atom stereocenters. The molecule has 56 valence electrons. The first-order chi connectivity index (χ1) is 4.66. The van der Waals surface area contributed by atoms with Crippen molar-refractivity contribution >= 4 is 0 Å². The van der Waals surface area contributed by atoms with E-state index in [0.717, 1.165) is 25.7 Å². The number of hydrogen-bond acceptors (Lipinski definition) is 2. The molecular formula is C8H13NO. The minimum absolute atomic E-state index is 0.151. The van der Waals surface area contributed by atoms with Gasteiger partial charge in [-0.3, -0.25) is 0 Å². The Morgan fingerprint density at radius 3 is 2.40 bits per heavy atom. The molecule has 0 bridgehead atoms. The first-order valence-corrected chi connectivity index (χ1v) is 3.76. The van der Waals surface area contributed by atoms with Gasteiger partial charge in [0.2, 0.25) is 0 Å². The second-order valence-electron chi connectivity index (χ2n) is 3.40. The predicted molar refractivity (Wildman–Crippen MR) is 38.2 cm³/mol. The van der Waals surface area contributed by atoms with Gasteiger partial charge in [0.1, 0.15) is 0 Å². The van der Waals surface area contributed by atoms with E-state index < -0.39 is 0 Å². The van der Waals surface area contributed by atoms with Crippen LogP contribution in [0, 0.1) is 16.7 Å². The third-order valence-electron chi connectivity index (χ3n) is 2.33. The first kappa shape index (κ1) is 7.56. The molecule has 0 saturated heterocycles. The average Bonchev–Trinajstić information content (AvgIpc) is 1.96. The zero-order chi connectivity index (χ0) is 7.61. The van der Waals surface area contributed by atoms with Crippen LogP contribution in [0.15, 0.2) is 0 Å². The zero-order valence-electron chi connectivity index (χ0n) is 6.30. The van der Waals surface area contributed by atoms with Gasteiger partial charge in [-0.05, 0) is 32.6 Å². The van der Waals surface area contributed by atoms with Crippen LogP contribution >= 0.6 is 0 Å². The van der Waals surface area contributed by atoms with Crippen LogP contribution in [0.5, 0.6) is 0 Å². The summed E-state index contributed by atoms with van der Waals surface area (Å²) in [5.74, 6) is 0. The number of aliphatic hydroxyl groups excluding tert-OH is 1. The molecule has 1 N–H and O–H groups in total. The highest BCUT2D eigenvalue weighted by Gasteiger charge is 2.29. The highest BCUT2D eigenvalue weighted by Crippen LogP contribution is 2.34. The maximum absolute atomic E-state index is 9.13. The fourth-order valence-electron chi connectivity index (χ4n) is 1.35. The zero-order valence-corrected chi connectivity index (χ0v) is 6.30. The smallest absolute Gasteiger partial charge is 0.0686 e. The molecule has 0 amide bonds. The summed E-state index contributed by atoms with van der Waals surface area (Å²) in [7, 11) is 0. The summed E-state index contributed by atoms with van der Waals surface area (Å²) in [5.41, 5.74) is -0.154. The van der Waals surface area contributed by atoms with Gasteiger partial charge in [0.15, 0.2) is 0 Å². The van der Waals surface area contributed by atoms with Gasteiger partial charge in [-0.1, -0.05) is 0 Å². The summed E-state index contributed by atoms with van der Waals surface area (Å²) >= 11 is 0. The van der Waals surface area contributed by atoms with Crippen LogP contribution < -0.4 is 0 Å². The van der Waals surface area contributed by atoms with Crippen molar-refractivity contribution in [1.82, 2.24) is 0 Å². The molecule has 2 nitrogen and oxygen atoms in total. The molecular weight excluding hydrogens is 126 g/mol. The molecule has 0 aliphatic heterocycles. The van der Waals surface area contributed by atoms with Crippen molar-refractivity contribution in [1.29, 1.82) is 5.26 Å². The molecule has 1 rings (SSSR count).